The van der Waals surface area contributed by atoms with E-state index in [0.717, 1.165) is 12.5 Å². The first kappa shape index (κ1) is 14.9. The van der Waals surface area contributed by atoms with E-state index < -0.39 is 0 Å². The number of piperidine rings is 1. The molecule has 116 valence electrons. The van der Waals surface area contributed by atoms with E-state index in [4.69, 9.17) is 0 Å². The Balaban J connectivity index is 1.48. The molecule has 0 aromatic heterocycles. The van der Waals surface area contributed by atoms with Gasteiger partial charge in [-0.1, -0.05) is 26.0 Å². The average Bonchev–Trinajstić information content (AvgIpc) is 3.30. The molecule has 1 aromatic carbocycles. The first-order valence-corrected chi connectivity index (χ1v) is 8.74. The van der Waals surface area contributed by atoms with Gasteiger partial charge in [-0.2, -0.15) is 0 Å². The summed E-state index contributed by atoms with van der Waals surface area (Å²) < 4.78 is 0. The van der Waals surface area contributed by atoms with Gasteiger partial charge < -0.3 is 10.2 Å². The second-order valence-corrected chi connectivity index (χ2v) is 7.33. The van der Waals surface area contributed by atoms with E-state index in [9.17, 15) is 0 Å². The van der Waals surface area contributed by atoms with Gasteiger partial charge >= 0.3 is 0 Å². The van der Waals surface area contributed by atoms with Crippen LogP contribution >= 0.6 is 0 Å². The predicted molar refractivity (Wildman–Crippen MR) is 90.7 cm³/mol. The van der Waals surface area contributed by atoms with Crippen molar-refractivity contribution >= 4 is 5.69 Å². The van der Waals surface area contributed by atoms with Crippen molar-refractivity contribution in [2.75, 3.05) is 24.5 Å². The summed E-state index contributed by atoms with van der Waals surface area (Å²) in [6.45, 7) is 9.38. The molecule has 2 nitrogen and oxygen atoms in total. The maximum atomic E-state index is 3.67. The van der Waals surface area contributed by atoms with Crippen molar-refractivity contribution in [3.63, 3.8) is 0 Å². The minimum Gasteiger partial charge on any atom is -0.372 e. The third-order valence-corrected chi connectivity index (χ3v) is 5.58. The monoisotopic (exact) mass is 286 g/mol. The number of benzene rings is 1. The summed E-state index contributed by atoms with van der Waals surface area (Å²) in [4.78, 5) is 2.53. The topological polar surface area (TPSA) is 15.3 Å². The third-order valence-electron chi connectivity index (χ3n) is 5.58. The lowest BCUT2D eigenvalue weighted by Crippen LogP contribution is -2.29. The van der Waals surface area contributed by atoms with Gasteiger partial charge in [0.15, 0.2) is 0 Å². The molecule has 1 saturated heterocycles. The average molecular weight is 286 g/mol. The minimum absolute atomic E-state index is 0.605. The number of anilines is 1. The van der Waals surface area contributed by atoms with E-state index in [1.165, 1.54) is 63.0 Å². The van der Waals surface area contributed by atoms with Gasteiger partial charge in [0.1, 0.15) is 0 Å². The molecule has 0 radical (unpaired) electrons. The van der Waals surface area contributed by atoms with Crippen LogP contribution in [0.1, 0.15) is 51.5 Å². The molecular formula is C19H30N2. The first-order valence-electron chi connectivity index (χ1n) is 8.74. The van der Waals surface area contributed by atoms with E-state index in [-0.39, 0.29) is 0 Å². The van der Waals surface area contributed by atoms with Gasteiger partial charge in [0.05, 0.1) is 0 Å². The predicted octanol–water partition coefficient (Wildman–Crippen LogP) is 4.20. The molecule has 3 rings (SSSR count). The summed E-state index contributed by atoms with van der Waals surface area (Å²) in [5.41, 5.74) is 3.42. The molecule has 0 spiro atoms. The van der Waals surface area contributed by atoms with Crippen LogP contribution in [-0.4, -0.2) is 19.6 Å². The van der Waals surface area contributed by atoms with Gasteiger partial charge in [-0.25, -0.2) is 0 Å². The molecule has 1 N–H and O–H groups in total. The second kappa shape index (κ2) is 6.39. The fraction of sp³-hybridized carbons (Fsp3) is 0.684. The van der Waals surface area contributed by atoms with Crippen LogP contribution in [0, 0.1) is 11.3 Å². The van der Waals surface area contributed by atoms with E-state index in [0.29, 0.717) is 5.41 Å². The minimum atomic E-state index is 0.605. The number of hydrogen-bond donors (Lipinski definition) is 1. The number of rotatable bonds is 6. The van der Waals surface area contributed by atoms with Gasteiger partial charge in [-0.15, -0.1) is 0 Å². The molecule has 0 unspecified atom stereocenters. The van der Waals surface area contributed by atoms with Crippen LogP contribution in [0.15, 0.2) is 24.3 Å². The van der Waals surface area contributed by atoms with Crippen LogP contribution in [0.5, 0.6) is 0 Å². The van der Waals surface area contributed by atoms with E-state index in [1.807, 2.05) is 0 Å². The summed E-state index contributed by atoms with van der Waals surface area (Å²) in [5.74, 6) is 0.812. The smallest absolute Gasteiger partial charge is 0.0366 e. The molecular weight excluding hydrogens is 256 g/mol. The van der Waals surface area contributed by atoms with Crippen molar-refractivity contribution in [3.05, 3.63) is 29.8 Å². The van der Waals surface area contributed by atoms with Crippen molar-refractivity contribution in [2.24, 2.45) is 11.3 Å². The van der Waals surface area contributed by atoms with Crippen LogP contribution < -0.4 is 10.2 Å². The Morgan fingerprint density at radius 3 is 2.29 bits per heavy atom. The highest BCUT2D eigenvalue weighted by Crippen LogP contribution is 2.51. The van der Waals surface area contributed by atoms with E-state index >= 15 is 0 Å². The summed E-state index contributed by atoms with van der Waals surface area (Å²) in [5, 5.41) is 3.67. The van der Waals surface area contributed by atoms with Crippen LogP contribution in [0.3, 0.4) is 0 Å². The lowest BCUT2D eigenvalue weighted by atomic mass is 9.92. The molecule has 0 bridgehead atoms. The Morgan fingerprint density at radius 2 is 1.71 bits per heavy atom. The third kappa shape index (κ3) is 3.60. The zero-order chi connectivity index (χ0) is 14.7. The highest BCUT2D eigenvalue weighted by Gasteiger charge is 2.44. The molecule has 2 heteroatoms. The summed E-state index contributed by atoms with van der Waals surface area (Å²) in [6, 6.07) is 9.20. The Bertz CT molecular complexity index is 439. The van der Waals surface area contributed by atoms with Crippen LogP contribution in [-0.2, 0) is 6.54 Å². The summed E-state index contributed by atoms with van der Waals surface area (Å²) in [7, 11) is 0. The van der Waals surface area contributed by atoms with Gasteiger partial charge in [-0.3, -0.25) is 0 Å². The summed E-state index contributed by atoms with van der Waals surface area (Å²) >= 11 is 0. The zero-order valence-electron chi connectivity index (χ0n) is 13.7. The molecule has 0 amide bonds. The number of nitrogens with one attached hydrogen (secondary N) is 1. The maximum absolute atomic E-state index is 3.67. The molecule has 21 heavy (non-hydrogen) atoms. The number of nitrogens with zero attached hydrogens (tertiary/aromatic N) is 1. The quantitative estimate of drug-likeness (QED) is 0.843. The van der Waals surface area contributed by atoms with Crippen molar-refractivity contribution in [1.29, 1.82) is 0 Å². The fourth-order valence-electron chi connectivity index (χ4n) is 3.55. The fourth-order valence-corrected chi connectivity index (χ4v) is 3.55. The van der Waals surface area contributed by atoms with Gasteiger partial charge in [-0.05, 0) is 61.1 Å². The Morgan fingerprint density at radius 1 is 1.05 bits per heavy atom. The Kier molecular flexibility index (Phi) is 4.54. The maximum Gasteiger partial charge on any atom is 0.0366 e. The Hall–Kier alpha value is -1.02. The lowest BCUT2D eigenvalue weighted by Gasteiger charge is -2.29. The largest absolute Gasteiger partial charge is 0.372 e. The molecule has 1 aromatic rings. The van der Waals surface area contributed by atoms with Crippen LogP contribution in [0.25, 0.3) is 0 Å². The molecule has 2 fully saturated rings. The van der Waals surface area contributed by atoms with Gasteiger partial charge in [0, 0.05) is 31.9 Å². The summed E-state index contributed by atoms with van der Waals surface area (Å²) in [6.07, 6.45) is 6.91. The standard InChI is InChI=1S/C19H30N2/c1-16(2)19(10-11-19)15-20-14-17-6-8-18(9-7-17)21-12-4-3-5-13-21/h6-9,16,20H,3-5,10-15H2,1-2H3. The normalized spacial score (nSPS) is 20.8. The highest BCUT2D eigenvalue weighted by molar-refractivity contribution is 5.47. The van der Waals surface area contributed by atoms with Crippen molar-refractivity contribution < 1.29 is 0 Å². The SMILES string of the molecule is CC(C)C1(CNCc2ccc(N3CCCCC3)cc2)CC1. The van der Waals surface area contributed by atoms with E-state index in [2.05, 4.69) is 48.3 Å². The van der Waals surface area contributed by atoms with Crippen molar-refractivity contribution in [1.82, 2.24) is 5.32 Å². The zero-order valence-corrected chi connectivity index (χ0v) is 13.7. The second-order valence-electron chi connectivity index (χ2n) is 7.33. The molecule has 0 atom stereocenters. The molecule has 1 saturated carbocycles. The first-order chi connectivity index (χ1) is 10.2. The van der Waals surface area contributed by atoms with E-state index in [1.54, 1.807) is 0 Å². The molecule has 1 aliphatic carbocycles. The van der Waals surface area contributed by atoms with Crippen molar-refractivity contribution in [3.8, 4) is 0 Å². The lowest BCUT2D eigenvalue weighted by molar-refractivity contribution is 0.338. The molecule has 1 aliphatic heterocycles. The van der Waals surface area contributed by atoms with Crippen LogP contribution in [0.4, 0.5) is 5.69 Å². The van der Waals surface area contributed by atoms with Crippen LogP contribution in [0.2, 0.25) is 0 Å². The molecule has 2 aliphatic rings. The number of hydrogen-bond acceptors (Lipinski definition) is 2. The Labute approximate surface area is 129 Å². The van der Waals surface area contributed by atoms with Gasteiger partial charge in [0.25, 0.3) is 0 Å². The van der Waals surface area contributed by atoms with Gasteiger partial charge in [0.2, 0.25) is 0 Å². The molecule has 1 heterocycles. The van der Waals surface area contributed by atoms with Crippen molar-refractivity contribution in [2.45, 2.75) is 52.5 Å². The highest BCUT2D eigenvalue weighted by atomic mass is 15.1.